The molecule has 0 bridgehead atoms. The summed E-state index contributed by atoms with van der Waals surface area (Å²) in [4.78, 5) is 12.0. The number of hydrogen-bond acceptors (Lipinski definition) is 4. The van der Waals surface area contributed by atoms with Gasteiger partial charge < -0.3 is 10.5 Å². The van der Waals surface area contributed by atoms with Crippen molar-refractivity contribution in [3.05, 3.63) is 46.2 Å². The Kier molecular flexibility index (Phi) is 3.76. The van der Waals surface area contributed by atoms with E-state index in [0.717, 1.165) is 5.56 Å². The molecule has 0 amide bonds. The summed E-state index contributed by atoms with van der Waals surface area (Å²) in [7, 11) is 1.66. The Morgan fingerprint density at radius 2 is 2.05 bits per heavy atom. The van der Waals surface area contributed by atoms with Crippen molar-refractivity contribution >= 4 is 23.3 Å². The summed E-state index contributed by atoms with van der Waals surface area (Å²) in [5.74, 6) is -0.490. The van der Waals surface area contributed by atoms with E-state index in [9.17, 15) is 4.79 Å². The van der Waals surface area contributed by atoms with Crippen LogP contribution in [0.4, 0.5) is 5.69 Å². The van der Waals surface area contributed by atoms with Crippen LogP contribution >= 0.6 is 11.6 Å². The van der Waals surface area contributed by atoms with Crippen molar-refractivity contribution in [3.63, 3.8) is 0 Å². The predicted molar refractivity (Wildman–Crippen MR) is 72.9 cm³/mol. The molecule has 0 spiro atoms. The number of nitrogens with zero attached hydrogens (tertiary/aromatic N) is 2. The Balaban J connectivity index is 2.07. The number of nitrogen functional groups attached to an aromatic ring is 1. The number of carbonyl (C=O) groups excluding carboxylic acids is 1. The van der Waals surface area contributed by atoms with Gasteiger partial charge in [-0.25, -0.2) is 4.79 Å². The second-order valence-corrected chi connectivity index (χ2v) is 4.61. The molecule has 2 aromatic rings. The number of esters is 1. The Labute approximate surface area is 115 Å². The highest BCUT2D eigenvalue weighted by atomic mass is 35.5. The molecular formula is C13H14ClN3O2. The summed E-state index contributed by atoms with van der Waals surface area (Å²) < 4.78 is 6.63. The number of halogens is 1. The van der Waals surface area contributed by atoms with Gasteiger partial charge in [0.25, 0.3) is 0 Å². The number of anilines is 1. The van der Waals surface area contributed by atoms with E-state index in [1.54, 1.807) is 38.2 Å². The third-order valence-electron chi connectivity index (χ3n) is 2.75. The van der Waals surface area contributed by atoms with Crippen LogP contribution in [0.2, 0.25) is 5.02 Å². The van der Waals surface area contributed by atoms with Crippen molar-refractivity contribution in [2.24, 2.45) is 7.05 Å². The standard InChI is InChI=1S/C13H14ClN3O2/c1-8-11(15)12(17(2)16-8)13(18)19-7-9-3-5-10(14)6-4-9/h3-6H,7,15H2,1-2H3. The van der Waals surface area contributed by atoms with Crippen LogP contribution < -0.4 is 5.73 Å². The Morgan fingerprint density at radius 3 is 2.58 bits per heavy atom. The first kappa shape index (κ1) is 13.4. The molecule has 1 aromatic heterocycles. The van der Waals surface area contributed by atoms with Crippen molar-refractivity contribution in [2.75, 3.05) is 5.73 Å². The first-order valence-corrected chi connectivity index (χ1v) is 6.07. The molecule has 2 rings (SSSR count). The van der Waals surface area contributed by atoms with Crippen LogP contribution in [0.5, 0.6) is 0 Å². The first-order chi connectivity index (χ1) is 8.99. The summed E-state index contributed by atoms with van der Waals surface area (Å²) >= 11 is 5.78. The van der Waals surface area contributed by atoms with Gasteiger partial charge in [0.15, 0.2) is 5.69 Å². The fraction of sp³-hybridized carbons (Fsp3) is 0.231. The Morgan fingerprint density at radius 1 is 1.42 bits per heavy atom. The van der Waals surface area contributed by atoms with Gasteiger partial charge in [-0.15, -0.1) is 0 Å². The Bertz CT molecular complexity index is 605. The molecule has 6 heteroatoms. The van der Waals surface area contributed by atoms with Gasteiger partial charge in [-0.1, -0.05) is 23.7 Å². The van der Waals surface area contributed by atoms with E-state index in [1.807, 2.05) is 0 Å². The fourth-order valence-corrected chi connectivity index (χ4v) is 1.84. The molecule has 1 heterocycles. The van der Waals surface area contributed by atoms with E-state index in [2.05, 4.69) is 5.10 Å². The maximum absolute atomic E-state index is 12.0. The zero-order valence-corrected chi connectivity index (χ0v) is 11.4. The molecule has 0 aliphatic rings. The van der Waals surface area contributed by atoms with E-state index in [0.29, 0.717) is 16.4 Å². The normalized spacial score (nSPS) is 10.5. The van der Waals surface area contributed by atoms with Gasteiger partial charge in [0.1, 0.15) is 6.61 Å². The maximum atomic E-state index is 12.0. The lowest BCUT2D eigenvalue weighted by atomic mass is 10.2. The number of nitrogens with two attached hydrogens (primary N) is 1. The zero-order chi connectivity index (χ0) is 14.0. The highest BCUT2D eigenvalue weighted by Crippen LogP contribution is 2.17. The van der Waals surface area contributed by atoms with Gasteiger partial charge in [-0.2, -0.15) is 5.10 Å². The lowest BCUT2D eigenvalue weighted by molar-refractivity contribution is 0.0461. The van der Waals surface area contributed by atoms with E-state index in [1.165, 1.54) is 4.68 Å². The molecule has 2 N–H and O–H groups in total. The molecule has 0 radical (unpaired) electrons. The van der Waals surface area contributed by atoms with Crippen molar-refractivity contribution in [2.45, 2.75) is 13.5 Å². The molecule has 19 heavy (non-hydrogen) atoms. The molecular weight excluding hydrogens is 266 g/mol. The van der Waals surface area contributed by atoms with E-state index in [4.69, 9.17) is 22.1 Å². The Hall–Kier alpha value is -2.01. The van der Waals surface area contributed by atoms with E-state index < -0.39 is 5.97 Å². The molecule has 0 saturated carbocycles. The molecule has 0 unspecified atom stereocenters. The average Bonchev–Trinajstić information content (AvgIpc) is 2.62. The summed E-state index contributed by atoms with van der Waals surface area (Å²) in [6.45, 7) is 1.91. The van der Waals surface area contributed by atoms with Crippen LogP contribution in [0.1, 0.15) is 21.7 Å². The molecule has 0 aliphatic carbocycles. The average molecular weight is 280 g/mol. The molecule has 1 aromatic carbocycles. The van der Waals surface area contributed by atoms with Gasteiger partial charge in [-0.05, 0) is 24.6 Å². The maximum Gasteiger partial charge on any atom is 0.359 e. The minimum Gasteiger partial charge on any atom is -0.456 e. The molecule has 100 valence electrons. The van der Waals surface area contributed by atoms with Crippen LogP contribution in [0.25, 0.3) is 0 Å². The quantitative estimate of drug-likeness (QED) is 0.876. The number of aryl methyl sites for hydroxylation is 2. The number of carbonyl (C=O) groups is 1. The summed E-state index contributed by atoms with van der Waals surface area (Å²) in [6.07, 6.45) is 0. The minimum atomic E-state index is -0.490. The fourth-order valence-electron chi connectivity index (χ4n) is 1.71. The monoisotopic (exact) mass is 279 g/mol. The van der Waals surface area contributed by atoms with Gasteiger partial charge in [-0.3, -0.25) is 4.68 Å². The second-order valence-electron chi connectivity index (χ2n) is 4.17. The largest absolute Gasteiger partial charge is 0.456 e. The van der Waals surface area contributed by atoms with Gasteiger partial charge >= 0.3 is 5.97 Å². The number of hydrogen-bond donors (Lipinski definition) is 1. The van der Waals surface area contributed by atoms with Crippen molar-refractivity contribution < 1.29 is 9.53 Å². The highest BCUT2D eigenvalue weighted by molar-refractivity contribution is 6.30. The first-order valence-electron chi connectivity index (χ1n) is 5.69. The van der Waals surface area contributed by atoms with E-state index >= 15 is 0 Å². The molecule has 0 fully saturated rings. The highest BCUT2D eigenvalue weighted by Gasteiger charge is 2.19. The second kappa shape index (κ2) is 5.32. The summed E-state index contributed by atoms with van der Waals surface area (Å²) in [5, 5.41) is 4.71. The molecule has 0 saturated heterocycles. The third-order valence-corrected chi connectivity index (χ3v) is 3.00. The van der Waals surface area contributed by atoms with Crippen molar-refractivity contribution in [3.8, 4) is 0 Å². The smallest absolute Gasteiger partial charge is 0.359 e. The summed E-state index contributed by atoms with van der Waals surface area (Å²) in [5.41, 5.74) is 7.88. The van der Waals surface area contributed by atoms with Crippen LogP contribution in [0.3, 0.4) is 0 Å². The van der Waals surface area contributed by atoms with Gasteiger partial charge in [0, 0.05) is 12.1 Å². The number of aromatic nitrogens is 2. The molecule has 5 nitrogen and oxygen atoms in total. The zero-order valence-electron chi connectivity index (χ0n) is 10.7. The van der Waals surface area contributed by atoms with Gasteiger partial charge in [0.2, 0.25) is 0 Å². The van der Waals surface area contributed by atoms with Crippen LogP contribution in [0, 0.1) is 6.92 Å². The minimum absolute atomic E-state index is 0.166. The van der Waals surface area contributed by atoms with Crippen LogP contribution in [-0.4, -0.2) is 15.7 Å². The summed E-state index contributed by atoms with van der Waals surface area (Å²) in [6, 6.07) is 7.08. The van der Waals surface area contributed by atoms with Crippen LogP contribution in [0.15, 0.2) is 24.3 Å². The van der Waals surface area contributed by atoms with Crippen molar-refractivity contribution in [1.82, 2.24) is 9.78 Å². The van der Waals surface area contributed by atoms with Gasteiger partial charge in [0.05, 0.1) is 11.4 Å². The SMILES string of the molecule is Cc1nn(C)c(C(=O)OCc2ccc(Cl)cc2)c1N. The topological polar surface area (TPSA) is 70.1 Å². The predicted octanol–water partition coefficient (Wildman–Crippen LogP) is 2.32. The van der Waals surface area contributed by atoms with E-state index in [-0.39, 0.29) is 12.3 Å². The molecule has 0 atom stereocenters. The number of ether oxygens (including phenoxy) is 1. The third kappa shape index (κ3) is 2.88. The van der Waals surface area contributed by atoms with Crippen LogP contribution in [-0.2, 0) is 18.4 Å². The number of benzene rings is 1. The lowest BCUT2D eigenvalue weighted by Crippen LogP contribution is -2.12. The molecule has 0 aliphatic heterocycles. The lowest BCUT2D eigenvalue weighted by Gasteiger charge is -2.06. The number of rotatable bonds is 3. The van der Waals surface area contributed by atoms with Crippen molar-refractivity contribution in [1.29, 1.82) is 0 Å².